The topological polar surface area (TPSA) is 9.23 Å². The van der Waals surface area contributed by atoms with Crippen LogP contribution in [0, 0.1) is 23.6 Å². The summed E-state index contributed by atoms with van der Waals surface area (Å²) in [6.07, 6.45) is 18.0. The third kappa shape index (κ3) is 7.66. The molecule has 2 fully saturated rings. The van der Waals surface area contributed by atoms with E-state index >= 15 is 4.39 Å². The van der Waals surface area contributed by atoms with Gasteiger partial charge < -0.3 is 4.74 Å². The van der Waals surface area contributed by atoms with Gasteiger partial charge in [-0.1, -0.05) is 81.8 Å². The van der Waals surface area contributed by atoms with Crippen LogP contribution < -0.4 is 0 Å². The third-order valence-corrected chi connectivity index (χ3v) is 8.97. The largest absolute Gasteiger partial charge is 0.384 e. The van der Waals surface area contributed by atoms with Gasteiger partial charge in [0.1, 0.15) is 5.82 Å². The van der Waals surface area contributed by atoms with E-state index in [0.717, 1.165) is 60.3 Å². The Bertz CT molecular complexity index is 872. The molecule has 0 bridgehead atoms. The summed E-state index contributed by atoms with van der Waals surface area (Å²) in [5, 5.41) is 0. The molecule has 2 saturated carbocycles. The van der Waals surface area contributed by atoms with Gasteiger partial charge in [-0.2, -0.15) is 0 Å². The number of hydrogen-bond donors (Lipinski definition) is 0. The minimum Gasteiger partial charge on any atom is -0.384 e. The Morgan fingerprint density at radius 3 is 2.03 bits per heavy atom. The molecule has 35 heavy (non-hydrogen) atoms. The molecule has 2 aromatic carbocycles. The second kappa shape index (κ2) is 13.6. The quantitative estimate of drug-likeness (QED) is 0.292. The molecule has 0 atom stereocenters. The molecule has 2 aliphatic rings. The maximum absolute atomic E-state index is 15.1. The van der Waals surface area contributed by atoms with Crippen LogP contribution in [0.25, 0.3) is 11.1 Å². The molecule has 2 heteroatoms. The van der Waals surface area contributed by atoms with Crippen LogP contribution in [0.4, 0.5) is 4.39 Å². The lowest BCUT2D eigenvalue weighted by molar-refractivity contribution is 0.117. The number of benzene rings is 2. The zero-order chi connectivity index (χ0) is 24.5. The van der Waals surface area contributed by atoms with E-state index in [2.05, 4.69) is 43.3 Å². The van der Waals surface area contributed by atoms with E-state index in [1.54, 1.807) is 6.07 Å². The van der Waals surface area contributed by atoms with Crippen molar-refractivity contribution in [2.45, 2.75) is 103 Å². The summed E-state index contributed by atoms with van der Waals surface area (Å²) in [6.45, 7) is 3.22. The predicted molar refractivity (Wildman–Crippen MR) is 146 cm³/mol. The SMILES string of the molecule is CCCC1CCC(c2ccc(-c3ccc(CCCCC4CCC(COC)CC4)cc3)cc2F)CC1. The molecule has 2 aromatic rings. The van der Waals surface area contributed by atoms with Crippen molar-refractivity contribution in [3.8, 4) is 11.1 Å². The Hall–Kier alpha value is -1.67. The van der Waals surface area contributed by atoms with Gasteiger partial charge in [0.25, 0.3) is 0 Å². The monoisotopic (exact) mass is 478 g/mol. The van der Waals surface area contributed by atoms with Gasteiger partial charge in [0.2, 0.25) is 0 Å². The van der Waals surface area contributed by atoms with E-state index in [1.165, 1.54) is 76.2 Å². The van der Waals surface area contributed by atoms with Crippen molar-refractivity contribution in [2.24, 2.45) is 17.8 Å². The first-order valence-corrected chi connectivity index (χ1v) is 14.5. The van der Waals surface area contributed by atoms with Crippen LogP contribution in [0.3, 0.4) is 0 Å². The van der Waals surface area contributed by atoms with Crippen LogP contribution in [0.1, 0.15) is 107 Å². The average molecular weight is 479 g/mol. The normalized spacial score (nSPS) is 25.0. The molecule has 0 radical (unpaired) electrons. The van der Waals surface area contributed by atoms with Gasteiger partial charge in [0.15, 0.2) is 0 Å². The van der Waals surface area contributed by atoms with Crippen LogP contribution in [-0.4, -0.2) is 13.7 Å². The van der Waals surface area contributed by atoms with Gasteiger partial charge in [-0.05, 0) is 103 Å². The number of aryl methyl sites for hydroxylation is 1. The van der Waals surface area contributed by atoms with E-state index in [1.807, 2.05) is 7.11 Å². The summed E-state index contributed by atoms with van der Waals surface area (Å²) in [5.74, 6) is 2.97. The molecular formula is C33H47FO. The fourth-order valence-corrected chi connectivity index (χ4v) is 6.76. The van der Waals surface area contributed by atoms with Crippen molar-refractivity contribution in [1.82, 2.24) is 0 Å². The summed E-state index contributed by atoms with van der Waals surface area (Å²) in [7, 11) is 1.83. The molecule has 4 rings (SSSR count). The van der Waals surface area contributed by atoms with Gasteiger partial charge in [0.05, 0.1) is 0 Å². The number of rotatable bonds is 11. The highest BCUT2D eigenvalue weighted by Gasteiger charge is 2.24. The molecule has 0 aromatic heterocycles. The number of unbranched alkanes of at least 4 members (excludes halogenated alkanes) is 1. The molecule has 2 aliphatic carbocycles. The minimum atomic E-state index is -0.0122. The lowest BCUT2D eigenvalue weighted by atomic mass is 9.77. The van der Waals surface area contributed by atoms with Crippen molar-refractivity contribution >= 4 is 0 Å². The number of ether oxygens (including phenoxy) is 1. The molecule has 192 valence electrons. The fourth-order valence-electron chi connectivity index (χ4n) is 6.76. The fraction of sp³-hybridized carbons (Fsp3) is 0.636. The van der Waals surface area contributed by atoms with E-state index in [9.17, 15) is 0 Å². The summed E-state index contributed by atoms with van der Waals surface area (Å²) >= 11 is 0. The Morgan fingerprint density at radius 1 is 0.743 bits per heavy atom. The maximum Gasteiger partial charge on any atom is 0.127 e. The smallest absolute Gasteiger partial charge is 0.127 e. The summed E-state index contributed by atoms with van der Waals surface area (Å²) < 4.78 is 20.4. The van der Waals surface area contributed by atoms with Crippen LogP contribution in [-0.2, 0) is 11.2 Å². The molecule has 0 N–H and O–H groups in total. The third-order valence-electron chi connectivity index (χ3n) is 8.97. The van der Waals surface area contributed by atoms with Gasteiger partial charge in [-0.25, -0.2) is 4.39 Å². The zero-order valence-electron chi connectivity index (χ0n) is 22.2. The second-order valence-corrected chi connectivity index (χ2v) is 11.5. The number of halogens is 1. The first kappa shape index (κ1) is 26.4. The van der Waals surface area contributed by atoms with E-state index < -0.39 is 0 Å². The molecule has 0 amide bonds. The summed E-state index contributed by atoms with van der Waals surface area (Å²) in [6, 6.07) is 14.8. The van der Waals surface area contributed by atoms with Gasteiger partial charge in [-0.3, -0.25) is 0 Å². The van der Waals surface area contributed by atoms with Crippen molar-refractivity contribution in [1.29, 1.82) is 0 Å². The lowest BCUT2D eigenvalue weighted by Crippen LogP contribution is -2.18. The van der Waals surface area contributed by atoms with Crippen LogP contribution in [0.15, 0.2) is 42.5 Å². The Morgan fingerprint density at radius 2 is 1.37 bits per heavy atom. The minimum absolute atomic E-state index is 0.0122. The van der Waals surface area contributed by atoms with Gasteiger partial charge in [0, 0.05) is 13.7 Å². The van der Waals surface area contributed by atoms with Crippen LogP contribution >= 0.6 is 0 Å². The van der Waals surface area contributed by atoms with Gasteiger partial charge >= 0.3 is 0 Å². The first-order valence-electron chi connectivity index (χ1n) is 14.5. The number of methoxy groups -OCH3 is 1. The van der Waals surface area contributed by atoms with Crippen molar-refractivity contribution in [2.75, 3.05) is 13.7 Å². The highest BCUT2D eigenvalue weighted by Crippen LogP contribution is 2.39. The Kier molecular flexibility index (Phi) is 10.2. The van der Waals surface area contributed by atoms with E-state index in [4.69, 9.17) is 4.74 Å². The average Bonchev–Trinajstić information content (AvgIpc) is 2.89. The summed E-state index contributed by atoms with van der Waals surface area (Å²) in [5.41, 5.74) is 4.46. The standard InChI is InChI=1S/C33H47FO/c1-3-6-25-15-19-30(20-16-25)32-22-21-31(23-33(32)34)29-17-13-27(14-18-29)8-5-4-7-26-9-11-28(12-10-26)24-35-2/h13-14,17-18,21-23,25-26,28,30H,3-12,15-16,19-20,24H2,1-2H3. The van der Waals surface area contributed by atoms with Crippen LogP contribution in [0.5, 0.6) is 0 Å². The van der Waals surface area contributed by atoms with Crippen molar-refractivity contribution in [3.05, 3.63) is 59.4 Å². The molecule has 0 heterocycles. The Labute approximate surface area is 213 Å². The van der Waals surface area contributed by atoms with E-state index in [-0.39, 0.29) is 5.82 Å². The second-order valence-electron chi connectivity index (χ2n) is 11.5. The molecule has 0 saturated heterocycles. The highest BCUT2D eigenvalue weighted by atomic mass is 19.1. The van der Waals surface area contributed by atoms with Gasteiger partial charge in [-0.15, -0.1) is 0 Å². The molecule has 0 aliphatic heterocycles. The van der Waals surface area contributed by atoms with Crippen molar-refractivity contribution in [3.63, 3.8) is 0 Å². The Balaban J connectivity index is 1.22. The molecule has 1 nitrogen and oxygen atoms in total. The van der Waals surface area contributed by atoms with Crippen LogP contribution in [0.2, 0.25) is 0 Å². The zero-order valence-corrected chi connectivity index (χ0v) is 22.2. The number of hydrogen-bond acceptors (Lipinski definition) is 1. The molecular weight excluding hydrogens is 431 g/mol. The molecule has 0 spiro atoms. The summed E-state index contributed by atoms with van der Waals surface area (Å²) in [4.78, 5) is 0. The molecule has 0 unspecified atom stereocenters. The maximum atomic E-state index is 15.1. The first-order chi connectivity index (χ1) is 17.2. The lowest BCUT2D eigenvalue weighted by Gasteiger charge is -2.29. The highest BCUT2D eigenvalue weighted by molar-refractivity contribution is 5.64. The van der Waals surface area contributed by atoms with Crippen molar-refractivity contribution < 1.29 is 9.13 Å². The predicted octanol–water partition coefficient (Wildman–Crippen LogP) is 9.73. The van der Waals surface area contributed by atoms with E-state index in [0.29, 0.717) is 5.92 Å².